The second kappa shape index (κ2) is 7.07. The van der Waals surface area contributed by atoms with Crippen LogP contribution in [-0.2, 0) is 9.84 Å². The maximum absolute atomic E-state index is 11.9. The van der Waals surface area contributed by atoms with Crippen LogP contribution in [-0.4, -0.2) is 20.7 Å². The number of nitrogens with one attached hydrogen (secondary N) is 1. The number of rotatable bonds is 7. The summed E-state index contributed by atoms with van der Waals surface area (Å²) in [4.78, 5) is 0.379. The van der Waals surface area contributed by atoms with Crippen molar-refractivity contribution in [3.05, 3.63) is 24.3 Å². The molecule has 0 heterocycles. The average Bonchev–Trinajstić information content (AvgIpc) is 2.39. The molecular weight excluding hydrogens is 246 g/mol. The van der Waals surface area contributed by atoms with Gasteiger partial charge in [0.25, 0.3) is 0 Å². The van der Waals surface area contributed by atoms with Crippen LogP contribution in [0.2, 0.25) is 0 Å². The molecule has 0 aliphatic rings. The van der Waals surface area contributed by atoms with Crippen molar-refractivity contribution in [1.82, 2.24) is 0 Å². The number of sulfone groups is 1. The Morgan fingerprint density at radius 2 is 2.00 bits per heavy atom. The van der Waals surface area contributed by atoms with Gasteiger partial charge in [0.2, 0.25) is 0 Å². The summed E-state index contributed by atoms with van der Waals surface area (Å²) in [5, 5.41) is 3.16. The van der Waals surface area contributed by atoms with Crippen LogP contribution in [0.5, 0.6) is 0 Å². The van der Waals surface area contributed by atoms with Crippen LogP contribution < -0.4 is 5.32 Å². The molecule has 0 unspecified atom stereocenters. The van der Waals surface area contributed by atoms with Gasteiger partial charge < -0.3 is 5.32 Å². The number of unbranched alkanes of at least 4 members (excludes halogenated alkanes) is 2. The minimum Gasteiger partial charge on any atom is -0.384 e. The van der Waals surface area contributed by atoms with E-state index in [0.717, 1.165) is 25.8 Å². The third-order valence-electron chi connectivity index (χ3n) is 2.67. The zero-order chi connectivity index (χ0) is 13.4. The second-order valence-corrected chi connectivity index (χ2v) is 6.23. The lowest BCUT2D eigenvalue weighted by molar-refractivity contribution is 0.597. The van der Waals surface area contributed by atoms with E-state index < -0.39 is 9.84 Å². The van der Waals surface area contributed by atoms with E-state index in [1.54, 1.807) is 25.1 Å². The van der Waals surface area contributed by atoms with Crippen LogP contribution in [0.1, 0.15) is 26.2 Å². The summed E-state index contributed by atoms with van der Waals surface area (Å²) < 4.78 is 23.8. The Morgan fingerprint density at radius 1 is 1.28 bits per heavy atom. The zero-order valence-electron chi connectivity index (χ0n) is 10.6. The van der Waals surface area contributed by atoms with E-state index in [2.05, 4.69) is 11.2 Å². The first-order valence-corrected chi connectivity index (χ1v) is 7.76. The number of hydrogen-bond donors (Lipinski definition) is 1. The predicted octanol–water partition coefficient (Wildman–Crippen LogP) is 2.70. The first-order chi connectivity index (χ1) is 8.61. The third-order valence-corrected chi connectivity index (χ3v) is 4.45. The lowest BCUT2D eigenvalue weighted by Gasteiger charge is -2.11. The largest absolute Gasteiger partial charge is 0.384 e. The van der Waals surface area contributed by atoms with E-state index >= 15 is 0 Å². The van der Waals surface area contributed by atoms with Gasteiger partial charge in [0.1, 0.15) is 0 Å². The second-order valence-electron chi connectivity index (χ2n) is 3.99. The zero-order valence-corrected chi connectivity index (χ0v) is 11.5. The predicted molar refractivity (Wildman–Crippen MR) is 75.3 cm³/mol. The highest BCUT2D eigenvalue weighted by Gasteiger charge is 2.15. The standard InChI is InChI=1S/C14H19NO2S/c1-3-5-6-9-12-15-13-10-7-8-11-14(13)18(16,17)4-2/h1,7-8,10-11,15H,4-6,9,12H2,2H3. The molecule has 4 heteroatoms. The van der Waals surface area contributed by atoms with E-state index in [1.165, 1.54) is 0 Å². The first kappa shape index (κ1) is 14.6. The smallest absolute Gasteiger partial charge is 0.180 e. The van der Waals surface area contributed by atoms with E-state index in [9.17, 15) is 8.42 Å². The summed E-state index contributed by atoms with van der Waals surface area (Å²) in [5.41, 5.74) is 0.681. The molecule has 0 radical (unpaired) electrons. The first-order valence-electron chi connectivity index (χ1n) is 6.11. The van der Waals surface area contributed by atoms with Gasteiger partial charge >= 0.3 is 0 Å². The molecule has 0 bridgehead atoms. The van der Waals surface area contributed by atoms with Gasteiger partial charge in [-0.3, -0.25) is 0 Å². The summed E-state index contributed by atoms with van der Waals surface area (Å²) >= 11 is 0. The molecular formula is C14H19NO2S. The molecule has 1 rings (SSSR count). The number of para-hydroxylation sites is 1. The van der Waals surface area contributed by atoms with Crippen molar-refractivity contribution in [2.75, 3.05) is 17.6 Å². The number of benzene rings is 1. The fourth-order valence-electron chi connectivity index (χ4n) is 1.61. The van der Waals surface area contributed by atoms with Crippen LogP contribution in [0.25, 0.3) is 0 Å². The SMILES string of the molecule is C#CCCCCNc1ccccc1S(=O)(=O)CC. The molecule has 0 fully saturated rings. The molecule has 3 nitrogen and oxygen atoms in total. The van der Waals surface area contributed by atoms with Gasteiger partial charge in [-0.05, 0) is 25.0 Å². The molecule has 0 aliphatic carbocycles. The topological polar surface area (TPSA) is 46.2 Å². The fourth-order valence-corrected chi connectivity index (χ4v) is 2.69. The van der Waals surface area contributed by atoms with Gasteiger partial charge in [-0.2, -0.15) is 0 Å². The van der Waals surface area contributed by atoms with Gasteiger partial charge in [0.15, 0.2) is 9.84 Å². The summed E-state index contributed by atoms with van der Waals surface area (Å²) in [7, 11) is -3.17. The van der Waals surface area contributed by atoms with Crippen molar-refractivity contribution in [2.45, 2.75) is 31.1 Å². The molecule has 0 saturated carbocycles. The van der Waals surface area contributed by atoms with E-state index in [1.807, 2.05) is 6.07 Å². The van der Waals surface area contributed by atoms with Crippen LogP contribution in [0, 0.1) is 12.3 Å². The van der Waals surface area contributed by atoms with Crippen LogP contribution in [0.15, 0.2) is 29.2 Å². The molecule has 1 aromatic rings. The van der Waals surface area contributed by atoms with Gasteiger partial charge in [-0.1, -0.05) is 19.1 Å². The maximum atomic E-state index is 11.9. The molecule has 18 heavy (non-hydrogen) atoms. The monoisotopic (exact) mass is 265 g/mol. The van der Waals surface area contributed by atoms with Crippen LogP contribution >= 0.6 is 0 Å². The maximum Gasteiger partial charge on any atom is 0.180 e. The Morgan fingerprint density at radius 3 is 2.67 bits per heavy atom. The summed E-state index contributed by atoms with van der Waals surface area (Å²) in [6, 6.07) is 7.01. The van der Waals surface area contributed by atoms with Gasteiger partial charge in [0.05, 0.1) is 16.3 Å². The van der Waals surface area contributed by atoms with Crippen molar-refractivity contribution >= 4 is 15.5 Å². The number of hydrogen-bond acceptors (Lipinski definition) is 3. The molecule has 0 amide bonds. The molecule has 0 aromatic heterocycles. The minimum atomic E-state index is -3.17. The molecule has 0 atom stereocenters. The lowest BCUT2D eigenvalue weighted by atomic mass is 10.2. The van der Waals surface area contributed by atoms with Crippen molar-refractivity contribution in [2.24, 2.45) is 0 Å². The van der Waals surface area contributed by atoms with E-state index in [-0.39, 0.29) is 5.75 Å². The lowest BCUT2D eigenvalue weighted by Crippen LogP contribution is -2.09. The quantitative estimate of drug-likeness (QED) is 0.609. The highest BCUT2D eigenvalue weighted by Crippen LogP contribution is 2.21. The van der Waals surface area contributed by atoms with Gasteiger partial charge in [-0.25, -0.2) is 8.42 Å². The fraction of sp³-hybridized carbons (Fsp3) is 0.429. The molecule has 0 spiro atoms. The normalized spacial score (nSPS) is 10.9. The summed E-state index contributed by atoms with van der Waals surface area (Å²) in [5.74, 6) is 2.70. The summed E-state index contributed by atoms with van der Waals surface area (Å²) in [6.45, 7) is 2.39. The van der Waals surface area contributed by atoms with Crippen LogP contribution in [0.3, 0.4) is 0 Å². The Bertz CT molecular complexity index is 515. The molecule has 98 valence electrons. The van der Waals surface area contributed by atoms with Crippen molar-refractivity contribution < 1.29 is 8.42 Å². The van der Waals surface area contributed by atoms with E-state index in [4.69, 9.17) is 6.42 Å². The Balaban J connectivity index is 2.69. The molecule has 0 saturated heterocycles. The van der Waals surface area contributed by atoms with E-state index in [0.29, 0.717) is 10.6 Å². The van der Waals surface area contributed by atoms with Crippen molar-refractivity contribution in [3.63, 3.8) is 0 Å². The number of terminal acetylenes is 1. The number of anilines is 1. The molecule has 1 aromatic carbocycles. The third kappa shape index (κ3) is 4.08. The minimum absolute atomic E-state index is 0.114. The summed E-state index contributed by atoms with van der Waals surface area (Å²) in [6.07, 6.45) is 7.82. The van der Waals surface area contributed by atoms with Crippen molar-refractivity contribution in [3.8, 4) is 12.3 Å². The highest BCUT2D eigenvalue weighted by molar-refractivity contribution is 7.91. The van der Waals surface area contributed by atoms with Gasteiger partial charge in [-0.15, -0.1) is 12.3 Å². The average molecular weight is 265 g/mol. The van der Waals surface area contributed by atoms with Crippen LogP contribution in [0.4, 0.5) is 5.69 Å². The Labute approximate surface area is 110 Å². The Kier molecular flexibility index (Phi) is 5.73. The Hall–Kier alpha value is -1.47. The highest BCUT2D eigenvalue weighted by atomic mass is 32.2. The van der Waals surface area contributed by atoms with Gasteiger partial charge in [0, 0.05) is 13.0 Å². The van der Waals surface area contributed by atoms with Crippen molar-refractivity contribution in [1.29, 1.82) is 0 Å². The molecule has 0 aliphatic heterocycles. The molecule has 1 N–H and O–H groups in total.